The van der Waals surface area contributed by atoms with Crippen LogP contribution >= 0.6 is 15.9 Å². The van der Waals surface area contributed by atoms with Gasteiger partial charge >= 0.3 is 0 Å². The van der Waals surface area contributed by atoms with Crippen molar-refractivity contribution in [3.05, 3.63) is 52.9 Å². The second-order valence-electron chi connectivity index (χ2n) is 3.71. The molecular formula is C12H6BrF2N3. The fraction of sp³-hybridized carbons (Fsp3) is 0. The maximum absolute atomic E-state index is 13.6. The Balaban J connectivity index is 2.22. The third-order valence-electron chi connectivity index (χ3n) is 2.51. The lowest BCUT2D eigenvalue weighted by Crippen LogP contribution is -1.88. The zero-order valence-corrected chi connectivity index (χ0v) is 10.5. The van der Waals surface area contributed by atoms with Crippen LogP contribution in [0.15, 0.2) is 41.3 Å². The van der Waals surface area contributed by atoms with E-state index in [1.165, 1.54) is 12.1 Å². The first-order chi connectivity index (χ1) is 8.65. The van der Waals surface area contributed by atoms with Crippen LogP contribution < -0.4 is 0 Å². The molecule has 0 amide bonds. The maximum atomic E-state index is 13.6. The first-order valence-electron chi connectivity index (χ1n) is 5.10. The minimum Gasteiger partial charge on any atom is -0.289 e. The molecule has 0 bridgehead atoms. The van der Waals surface area contributed by atoms with Crippen LogP contribution in [0.25, 0.3) is 17.0 Å². The molecule has 0 unspecified atom stereocenters. The first kappa shape index (κ1) is 11.3. The Morgan fingerprint density at radius 2 is 2.00 bits per heavy atom. The lowest BCUT2D eigenvalue weighted by Gasteiger charge is -1.98. The summed E-state index contributed by atoms with van der Waals surface area (Å²) in [7, 11) is 0. The van der Waals surface area contributed by atoms with Gasteiger partial charge in [-0.05, 0) is 28.1 Å². The molecule has 3 rings (SSSR count). The molecule has 2 aromatic heterocycles. The van der Waals surface area contributed by atoms with E-state index in [9.17, 15) is 8.78 Å². The molecular weight excluding hydrogens is 304 g/mol. The molecule has 2 heterocycles. The smallest absolute Gasteiger partial charge is 0.234 e. The van der Waals surface area contributed by atoms with Crippen LogP contribution in [-0.4, -0.2) is 14.4 Å². The van der Waals surface area contributed by atoms with Crippen molar-refractivity contribution in [2.45, 2.75) is 0 Å². The van der Waals surface area contributed by atoms with E-state index < -0.39 is 11.6 Å². The summed E-state index contributed by atoms with van der Waals surface area (Å²) in [6.45, 7) is 0. The van der Waals surface area contributed by atoms with Gasteiger partial charge in [0.05, 0.1) is 10.2 Å². The van der Waals surface area contributed by atoms with Crippen LogP contribution in [0.2, 0.25) is 0 Å². The molecule has 0 fully saturated rings. The molecule has 0 spiro atoms. The lowest BCUT2D eigenvalue weighted by molar-refractivity contribution is 0.511. The van der Waals surface area contributed by atoms with Gasteiger partial charge in [-0.25, -0.2) is 18.7 Å². The highest BCUT2D eigenvalue weighted by atomic mass is 79.9. The Morgan fingerprint density at radius 3 is 2.83 bits per heavy atom. The van der Waals surface area contributed by atoms with Crippen LogP contribution in [0.1, 0.15) is 0 Å². The van der Waals surface area contributed by atoms with E-state index in [2.05, 4.69) is 25.9 Å². The molecule has 0 N–H and O–H groups in total. The highest BCUT2D eigenvalue weighted by molar-refractivity contribution is 9.10. The summed E-state index contributed by atoms with van der Waals surface area (Å²) in [6.07, 6.45) is 4.94. The molecule has 18 heavy (non-hydrogen) atoms. The van der Waals surface area contributed by atoms with Crippen LogP contribution in [0.4, 0.5) is 8.78 Å². The summed E-state index contributed by atoms with van der Waals surface area (Å²) >= 11 is 3.28. The second-order valence-corrected chi connectivity index (χ2v) is 4.62. The Morgan fingerprint density at radius 1 is 1.17 bits per heavy atom. The van der Waals surface area contributed by atoms with Crippen LogP contribution in [0, 0.1) is 11.6 Å². The first-order valence-corrected chi connectivity index (χ1v) is 5.89. The monoisotopic (exact) mass is 309 g/mol. The zero-order valence-electron chi connectivity index (χ0n) is 8.94. The number of imidazole rings is 1. The molecule has 3 nitrogen and oxygen atoms in total. The third kappa shape index (κ3) is 1.78. The molecule has 0 radical (unpaired) electrons. The van der Waals surface area contributed by atoms with Gasteiger partial charge in [0.1, 0.15) is 0 Å². The average molecular weight is 310 g/mol. The molecule has 3 aromatic rings. The number of halogens is 3. The lowest BCUT2D eigenvalue weighted by atomic mass is 10.1. The Kier molecular flexibility index (Phi) is 2.59. The van der Waals surface area contributed by atoms with E-state index in [0.717, 1.165) is 10.5 Å². The molecule has 0 atom stereocenters. The van der Waals surface area contributed by atoms with Gasteiger partial charge in [-0.2, -0.15) is 0 Å². The molecule has 0 aliphatic carbocycles. The number of hydrogen-bond acceptors (Lipinski definition) is 2. The molecule has 6 heteroatoms. The summed E-state index contributed by atoms with van der Waals surface area (Å²) in [6, 6.07) is 4.00. The molecule has 1 aromatic carbocycles. The van der Waals surface area contributed by atoms with Crippen molar-refractivity contribution in [2.24, 2.45) is 0 Å². The Bertz CT molecular complexity index is 739. The van der Waals surface area contributed by atoms with Gasteiger partial charge in [-0.1, -0.05) is 6.07 Å². The quantitative estimate of drug-likeness (QED) is 0.689. The van der Waals surface area contributed by atoms with Gasteiger partial charge in [0.25, 0.3) is 0 Å². The standard InChI is InChI=1S/C12H6BrF2N3/c13-7-4-16-12-17-10(6-18(12)5-7)8-2-1-3-9(14)11(8)15/h1-6H. The molecule has 0 saturated carbocycles. The van der Waals surface area contributed by atoms with Gasteiger partial charge in [0, 0.05) is 24.2 Å². The topological polar surface area (TPSA) is 30.2 Å². The molecule has 90 valence electrons. The highest BCUT2D eigenvalue weighted by Crippen LogP contribution is 2.24. The predicted octanol–water partition coefficient (Wildman–Crippen LogP) is 3.44. The molecule has 0 saturated heterocycles. The normalized spacial score (nSPS) is 11.1. The number of nitrogens with zero attached hydrogens (tertiary/aromatic N) is 3. The SMILES string of the molecule is Fc1cccc(-c2cn3cc(Br)cnc3n2)c1F. The minimum absolute atomic E-state index is 0.122. The molecule has 0 aliphatic heterocycles. The summed E-state index contributed by atoms with van der Waals surface area (Å²) in [5.41, 5.74) is 0.467. The number of hydrogen-bond donors (Lipinski definition) is 0. The predicted molar refractivity (Wildman–Crippen MR) is 66.0 cm³/mol. The van der Waals surface area contributed by atoms with E-state index in [1.54, 1.807) is 23.0 Å². The summed E-state index contributed by atoms with van der Waals surface area (Å²) < 4.78 is 29.2. The van der Waals surface area contributed by atoms with E-state index >= 15 is 0 Å². The third-order valence-corrected chi connectivity index (χ3v) is 2.92. The van der Waals surface area contributed by atoms with Gasteiger partial charge in [-0.15, -0.1) is 0 Å². The van der Waals surface area contributed by atoms with E-state index in [0.29, 0.717) is 11.5 Å². The number of rotatable bonds is 1. The summed E-state index contributed by atoms with van der Waals surface area (Å²) in [4.78, 5) is 8.22. The van der Waals surface area contributed by atoms with Gasteiger partial charge in [0.15, 0.2) is 11.6 Å². The minimum atomic E-state index is -0.903. The van der Waals surface area contributed by atoms with Crippen molar-refractivity contribution >= 4 is 21.7 Å². The number of benzene rings is 1. The summed E-state index contributed by atoms with van der Waals surface area (Å²) in [5.74, 6) is -1.37. The Hall–Kier alpha value is -1.82. The van der Waals surface area contributed by atoms with Crippen molar-refractivity contribution in [3.63, 3.8) is 0 Å². The van der Waals surface area contributed by atoms with Gasteiger partial charge in [0.2, 0.25) is 5.78 Å². The largest absolute Gasteiger partial charge is 0.289 e. The van der Waals surface area contributed by atoms with Gasteiger partial charge in [-0.3, -0.25) is 4.40 Å². The zero-order chi connectivity index (χ0) is 12.7. The van der Waals surface area contributed by atoms with Crippen molar-refractivity contribution in [3.8, 4) is 11.3 Å². The average Bonchev–Trinajstić information content (AvgIpc) is 2.75. The Labute approximate surface area is 109 Å². The van der Waals surface area contributed by atoms with E-state index in [-0.39, 0.29) is 5.56 Å². The maximum Gasteiger partial charge on any atom is 0.234 e. The van der Waals surface area contributed by atoms with Crippen molar-refractivity contribution in [2.75, 3.05) is 0 Å². The number of fused-ring (bicyclic) bond motifs is 1. The summed E-state index contributed by atoms with van der Waals surface area (Å²) in [5, 5.41) is 0. The highest BCUT2D eigenvalue weighted by Gasteiger charge is 2.13. The van der Waals surface area contributed by atoms with Crippen LogP contribution in [-0.2, 0) is 0 Å². The van der Waals surface area contributed by atoms with Crippen LogP contribution in [0.5, 0.6) is 0 Å². The fourth-order valence-electron chi connectivity index (χ4n) is 1.69. The van der Waals surface area contributed by atoms with Crippen molar-refractivity contribution in [1.29, 1.82) is 0 Å². The second kappa shape index (κ2) is 4.13. The molecule has 0 aliphatic rings. The van der Waals surface area contributed by atoms with Gasteiger partial charge < -0.3 is 0 Å². The van der Waals surface area contributed by atoms with Crippen molar-refractivity contribution in [1.82, 2.24) is 14.4 Å². The van der Waals surface area contributed by atoms with E-state index in [1.807, 2.05) is 0 Å². The van der Waals surface area contributed by atoms with Crippen LogP contribution in [0.3, 0.4) is 0 Å². The van der Waals surface area contributed by atoms with Crippen molar-refractivity contribution < 1.29 is 8.78 Å². The number of aromatic nitrogens is 3. The van der Waals surface area contributed by atoms with E-state index in [4.69, 9.17) is 0 Å². The fourth-order valence-corrected chi connectivity index (χ4v) is 2.01.